The van der Waals surface area contributed by atoms with Crippen molar-refractivity contribution in [1.29, 1.82) is 0 Å². The molecule has 0 atom stereocenters. The number of aryl methyl sites for hydroxylation is 1. The largest absolute Gasteiger partial charge is 0.496 e. The number of hydrogen-bond donors (Lipinski definition) is 0. The van der Waals surface area contributed by atoms with E-state index in [1.54, 1.807) is 24.1 Å². The van der Waals surface area contributed by atoms with Gasteiger partial charge in [0.15, 0.2) is 0 Å². The average Bonchev–Trinajstić information content (AvgIpc) is 2.81. The van der Waals surface area contributed by atoms with Gasteiger partial charge in [-0.05, 0) is 31.0 Å². The molecule has 6 heteroatoms. The molecular formula is C17H23ClN2O3. The molecule has 0 radical (unpaired) electrons. The number of benzene rings is 1. The predicted molar refractivity (Wildman–Crippen MR) is 90.1 cm³/mol. The first-order valence-corrected chi connectivity index (χ1v) is 8.27. The molecule has 1 aromatic rings. The van der Waals surface area contributed by atoms with Crippen LogP contribution in [0.1, 0.15) is 35.7 Å². The number of halogens is 1. The zero-order valence-electron chi connectivity index (χ0n) is 13.9. The summed E-state index contributed by atoms with van der Waals surface area (Å²) in [6, 6.07) is 3.44. The molecule has 2 rings (SSSR count). The van der Waals surface area contributed by atoms with E-state index >= 15 is 0 Å². The van der Waals surface area contributed by atoms with Crippen molar-refractivity contribution in [3.05, 3.63) is 28.3 Å². The van der Waals surface area contributed by atoms with E-state index in [2.05, 4.69) is 0 Å². The van der Waals surface area contributed by atoms with E-state index in [-0.39, 0.29) is 11.8 Å². The maximum atomic E-state index is 12.8. The van der Waals surface area contributed by atoms with Crippen LogP contribution >= 0.6 is 11.6 Å². The fourth-order valence-corrected chi connectivity index (χ4v) is 2.92. The van der Waals surface area contributed by atoms with Gasteiger partial charge in [0.25, 0.3) is 5.91 Å². The lowest BCUT2D eigenvalue weighted by molar-refractivity contribution is -0.130. The van der Waals surface area contributed by atoms with E-state index in [1.807, 2.05) is 18.7 Å². The minimum Gasteiger partial charge on any atom is -0.496 e. The van der Waals surface area contributed by atoms with E-state index in [1.165, 1.54) is 0 Å². The molecular weight excluding hydrogens is 316 g/mol. The molecule has 1 fully saturated rings. The van der Waals surface area contributed by atoms with Crippen LogP contribution in [0.15, 0.2) is 12.1 Å². The topological polar surface area (TPSA) is 49.9 Å². The molecule has 23 heavy (non-hydrogen) atoms. The molecule has 1 saturated heterocycles. The zero-order chi connectivity index (χ0) is 17.0. The highest BCUT2D eigenvalue weighted by molar-refractivity contribution is 6.31. The Balaban J connectivity index is 2.18. The summed E-state index contributed by atoms with van der Waals surface area (Å²) in [6.45, 7) is 6.15. The summed E-state index contributed by atoms with van der Waals surface area (Å²) in [5.74, 6) is 0.562. The second kappa shape index (κ2) is 7.68. The van der Waals surface area contributed by atoms with Crippen LogP contribution in [-0.4, -0.2) is 54.9 Å². The van der Waals surface area contributed by atoms with Crippen molar-refractivity contribution in [2.24, 2.45) is 0 Å². The van der Waals surface area contributed by atoms with Gasteiger partial charge < -0.3 is 14.5 Å². The predicted octanol–water partition coefficient (Wildman–Crippen LogP) is 2.74. The number of ether oxygens (including phenoxy) is 1. The Kier molecular flexibility index (Phi) is 5.88. The number of amides is 2. The molecule has 1 aliphatic rings. The molecule has 0 spiro atoms. The van der Waals surface area contributed by atoms with Crippen LogP contribution in [-0.2, 0) is 4.79 Å². The minimum absolute atomic E-state index is 0.102. The molecule has 2 amide bonds. The first-order valence-electron chi connectivity index (χ1n) is 7.89. The number of nitrogens with zero attached hydrogens (tertiary/aromatic N) is 2. The molecule has 0 N–H and O–H groups in total. The lowest BCUT2D eigenvalue weighted by Crippen LogP contribution is -2.37. The smallest absolute Gasteiger partial charge is 0.257 e. The van der Waals surface area contributed by atoms with Gasteiger partial charge in [-0.15, -0.1) is 0 Å². The molecule has 0 saturated carbocycles. The van der Waals surface area contributed by atoms with Gasteiger partial charge in [0.1, 0.15) is 5.75 Å². The Morgan fingerprint density at radius 3 is 2.48 bits per heavy atom. The maximum Gasteiger partial charge on any atom is 0.257 e. The van der Waals surface area contributed by atoms with Crippen LogP contribution in [0, 0.1) is 6.92 Å². The van der Waals surface area contributed by atoms with Gasteiger partial charge in [0.05, 0.1) is 12.7 Å². The van der Waals surface area contributed by atoms with Crippen LogP contribution in [0.2, 0.25) is 5.02 Å². The molecule has 0 bridgehead atoms. The van der Waals surface area contributed by atoms with Crippen LogP contribution < -0.4 is 4.74 Å². The second-order valence-corrected chi connectivity index (χ2v) is 6.09. The van der Waals surface area contributed by atoms with Gasteiger partial charge in [0.2, 0.25) is 5.91 Å². The Hall–Kier alpha value is -1.75. The van der Waals surface area contributed by atoms with Gasteiger partial charge in [-0.2, -0.15) is 0 Å². The van der Waals surface area contributed by atoms with E-state index in [9.17, 15) is 9.59 Å². The fraction of sp³-hybridized carbons (Fsp3) is 0.529. The van der Waals surface area contributed by atoms with Crippen molar-refractivity contribution < 1.29 is 14.3 Å². The van der Waals surface area contributed by atoms with E-state index in [0.717, 1.165) is 12.0 Å². The highest BCUT2D eigenvalue weighted by Crippen LogP contribution is 2.28. The summed E-state index contributed by atoms with van der Waals surface area (Å²) in [5.41, 5.74) is 1.34. The summed E-state index contributed by atoms with van der Waals surface area (Å²) in [4.78, 5) is 28.3. The normalized spacial score (nSPS) is 15.3. The summed E-state index contributed by atoms with van der Waals surface area (Å²) in [5, 5.41) is 0.548. The Bertz CT molecular complexity index is 604. The Morgan fingerprint density at radius 1 is 1.17 bits per heavy atom. The van der Waals surface area contributed by atoms with Crippen molar-refractivity contribution in [2.45, 2.75) is 26.7 Å². The summed E-state index contributed by atoms with van der Waals surface area (Å²) in [7, 11) is 1.55. The highest BCUT2D eigenvalue weighted by atomic mass is 35.5. The Morgan fingerprint density at radius 2 is 1.83 bits per heavy atom. The monoisotopic (exact) mass is 338 g/mol. The number of hydrogen-bond acceptors (Lipinski definition) is 3. The van der Waals surface area contributed by atoms with Gasteiger partial charge in [0, 0.05) is 37.6 Å². The van der Waals surface area contributed by atoms with Crippen LogP contribution in [0.3, 0.4) is 0 Å². The van der Waals surface area contributed by atoms with E-state index < -0.39 is 0 Å². The van der Waals surface area contributed by atoms with Gasteiger partial charge in [-0.3, -0.25) is 9.59 Å². The molecule has 1 aromatic carbocycles. The average molecular weight is 339 g/mol. The van der Waals surface area contributed by atoms with Crippen molar-refractivity contribution in [3.8, 4) is 5.75 Å². The summed E-state index contributed by atoms with van der Waals surface area (Å²) >= 11 is 6.16. The third kappa shape index (κ3) is 3.96. The number of carbonyl (C=O) groups is 2. The number of methoxy groups -OCH3 is 1. The molecule has 5 nitrogen and oxygen atoms in total. The molecule has 0 aliphatic carbocycles. The van der Waals surface area contributed by atoms with Crippen LogP contribution in [0.5, 0.6) is 5.75 Å². The van der Waals surface area contributed by atoms with Crippen LogP contribution in [0.25, 0.3) is 0 Å². The van der Waals surface area contributed by atoms with Gasteiger partial charge in [-0.1, -0.05) is 18.5 Å². The third-order valence-corrected chi connectivity index (χ3v) is 4.56. The molecule has 0 aromatic heterocycles. The van der Waals surface area contributed by atoms with Crippen LogP contribution in [0.4, 0.5) is 0 Å². The fourth-order valence-electron chi connectivity index (χ4n) is 2.75. The minimum atomic E-state index is -0.102. The Labute approximate surface area is 142 Å². The molecule has 0 unspecified atom stereocenters. The van der Waals surface area contributed by atoms with Gasteiger partial charge >= 0.3 is 0 Å². The third-order valence-electron chi connectivity index (χ3n) is 4.15. The SMILES string of the molecule is CCC(=O)N1CCCN(C(=O)c2cc(Cl)c(C)cc2OC)CC1. The molecule has 1 aliphatic heterocycles. The van der Waals surface area contributed by atoms with Gasteiger partial charge in [-0.25, -0.2) is 0 Å². The standard InChI is InChI=1S/C17H23ClN2O3/c1-4-16(21)19-6-5-7-20(9-8-19)17(22)13-11-14(18)12(2)10-15(13)23-3/h10-11H,4-9H2,1-3H3. The van der Waals surface area contributed by atoms with E-state index in [0.29, 0.717) is 48.9 Å². The van der Waals surface area contributed by atoms with Crippen molar-refractivity contribution in [3.63, 3.8) is 0 Å². The van der Waals surface area contributed by atoms with Crippen molar-refractivity contribution in [2.75, 3.05) is 33.3 Å². The number of carbonyl (C=O) groups excluding carboxylic acids is 2. The molecule has 1 heterocycles. The summed E-state index contributed by atoms with van der Waals surface area (Å²) < 4.78 is 5.33. The van der Waals surface area contributed by atoms with Crippen molar-refractivity contribution >= 4 is 23.4 Å². The maximum absolute atomic E-state index is 12.8. The quantitative estimate of drug-likeness (QED) is 0.851. The highest BCUT2D eigenvalue weighted by Gasteiger charge is 2.24. The second-order valence-electron chi connectivity index (χ2n) is 5.68. The summed E-state index contributed by atoms with van der Waals surface area (Å²) in [6.07, 6.45) is 1.27. The zero-order valence-corrected chi connectivity index (χ0v) is 14.7. The van der Waals surface area contributed by atoms with E-state index in [4.69, 9.17) is 16.3 Å². The first-order chi connectivity index (χ1) is 11.0. The number of rotatable bonds is 3. The lowest BCUT2D eigenvalue weighted by atomic mass is 10.1. The molecule has 126 valence electrons. The van der Waals surface area contributed by atoms with Crippen molar-refractivity contribution in [1.82, 2.24) is 9.80 Å². The lowest BCUT2D eigenvalue weighted by Gasteiger charge is -2.23. The first kappa shape index (κ1) is 17.6.